The Bertz CT molecular complexity index is 317. The molecule has 0 aliphatic heterocycles. The van der Waals surface area contributed by atoms with Gasteiger partial charge in [0.05, 0.1) is 13.2 Å². The maximum atomic E-state index is 8.65. The molecule has 0 fully saturated rings. The van der Waals surface area contributed by atoms with Crippen molar-refractivity contribution >= 4 is 0 Å². The molecule has 0 spiro atoms. The highest BCUT2D eigenvalue weighted by molar-refractivity contribution is 5.27. The van der Waals surface area contributed by atoms with Gasteiger partial charge < -0.3 is 25.6 Å². The molecule has 0 unspecified atom stereocenters. The summed E-state index contributed by atoms with van der Waals surface area (Å²) in [5.41, 5.74) is 1.21. The molecule has 0 atom stereocenters. The van der Waals surface area contributed by atoms with Crippen molar-refractivity contribution in [3.8, 4) is 5.75 Å². The van der Waals surface area contributed by atoms with Crippen molar-refractivity contribution in [1.29, 1.82) is 0 Å². The molecule has 5 heteroatoms. The van der Waals surface area contributed by atoms with E-state index in [1.807, 2.05) is 24.3 Å². The summed E-state index contributed by atoms with van der Waals surface area (Å²) in [6.45, 7) is 3.92. The Morgan fingerprint density at radius 3 is 2.32 bits per heavy atom. The van der Waals surface area contributed by atoms with Crippen LogP contribution in [-0.4, -0.2) is 49.7 Å². The lowest BCUT2D eigenvalue weighted by molar-refractivity contribution is 0.201. The Kier molecular flexibility index (Phi) is 9.01. The minimum atomic E-state index is 0.0353. The first-order chi connectivity index (χ1) is 9.36. The topological polar surface area (TPSA) is 73.8 Å². The van der Waals surface area contributed by atoms with Gasteiger partial charge in [0.15, 0.2) is 0 Å². The molecule has 0 bridgehead atoms. The monoisotopic (exact) mass is 268 g/mol. The van der Waals surface area contributed by atoms with Crippen molar-refractivity contribution in [1.82, 2.24) is 10.6 Å². The molecular formula is C14H24N2O3. The van der Waals surface area contributed by atoms with Gasteiger partial charge in [-0.1, -0.05) is 12.1 Å². The van der Waals surface area contributed by atoms with Gasteiger partial charge in [-0.3, -0.25) is 0 Å². The predicted octanol–water partition coefficient (Wildman–Crippen LogP) is 0.119. The summed E-state index contributed by atoms with van der Waals surface area (Å²) in [6, 6.07) is 7.86. The number of aliphatic hydroxyl groups is 2. The van der Waals surface area contributed by atoms with Gasteiger partial charge in [0.2, 0.25) is 0 Å². The zero-order chi connectivity index (χ0) is 13.8. The van der Waals surface area contributed by atoms with Crippen LogP contribution in [-0.2, 0) is 6.54 Å². The van der Waals surface area contributed by atoms with Gasteiger partial charge in [-0.2, -0.15) is 0 Å². The molecule has 0 saturated heterocycles. The van der Waals surface area contributed by atoms with E-state index in [9.17, 15) is 0 Å². The predicted molar refractivity (Wildman–Crippen MR) is 75.3 cm³/mol. The Balaban J connectivity index is 2.09. The normalized spacial score (nSPS) is 10.6. The Morgan fingerprint density at radius 1 is 0.895 bits per heavy atom. The molecule has 1 aromatic rings. The second kappa shape index (κ2) is 10.8. The third kappa shape index (κ3) is 7.79. The van der Waals surface area contributed by atoms with Crippen molar-refractivity contribution in [3.63, 3.8) is 0 Å². The van der Waals surface area contributed by atoms with Gasteiger partial charge in [-0.15, -0.1) is 0 Å². The molecule has 0 aliphatic carbocycles. The molecule has 1 rings (SSSR count). The minimum absolute atomic E-state index is 0.0353. The van der Waals surface area contributed by atoms with Gasteiger partial charge in [0.1, 0.15) is 12.4 Å². The van der Waals surface area contributed by atoms with E-state index < -0.39 is 0 Å². The fraction of sp³-hybridized carbons (Fsp3) is 0.571. The van der Waals surface area contributed by atoms with Gasteiger partial charge in [-0.05, 0) is 37.2 Å². The van der Waals surface area contributed by atoms with Gasteiger partial charge in [-0.25, -0.2) is 0 Å². The van der Waals surface area contributed by atoms with E-state index >= 15 is 0 Å². The second-order valence-corrected chi connectivity index (χ2v) is 4.22. The largest absolute Gasteiger partial charge is 0.491 e. The van der Waals surface area contributed by atoms with Crippen LogP contribution >= 0.6 is 0 Å². The molecule has 0 aromatic heterocycles. The van der Waals surface area contributed by atoms with Gasteiger partial charge >= 0.3 is 0 Å². The molecule has 0 radical (unpaired) electrons. The van der Waals surface area contributed by atoms with E-state index in [0.717, 1.165) is 31.8 Å². The third-order valence-electron chi connectivity index (χ3n) is 2.61. The fourth-order valence-corrected chi connectivity index (χ4v) is 1.64. The lowest BCUT2D eigenvalue weighted by atomic mass is 10.2. The van der Waals surface area contributed by atoms with E-state index in [0.29, 0.717) is 13.2 Å². The maximum absolute atomic E-state index is 8.65. The highest BCUT2D eigenvalue weighted by atomic mass is 16.5. The van der Waals surface area contributed by atoms with Crippen molar-refractivity contribution < 1.29 is 14.9 Å². The van der Waals surface area contributed by atoms with Crippen LogP contribution in [0.4, 0.5) is 0 Å². The zero-order valence-corrected chi connectivity index (χ0v) is 11.3. The van der Waals surface area contributed by atoms with Crippen LogP contribution < -0.4 is 15.4 Å². The van der Waals surface area contributed by atoms with Gasteiger partial charge in [0.25, 0.3) is 0 Å². The van der Waals surface area contributed by atoms with Crippen LogP contribution in [0.15, 0.2) is 24.3 Å². The van der Waals surface area contributed by atoms with E-state index in [4.69, 9.17) is 14.9 Å². The highest BCUT2D eigenvalue weighted by Gasteiger charge is 1.95. The number of rotatable bonds is 11. The molecule has 4 N–H and O–H groups in total. The molecule has 5 nitrogen and oxygen atoms in total. The Morgan fingerprint density at radius 2 is 1.63 bits per heavy atom. The highest BCUT2D eigenvalue weighted by Crippen LogP contribution is 2.11. The van der Waals surface area contributed by atoms with E-state index in [1.165, 1.54) is 5.56 Å². The maximum Gasteiger partial charge on any atom is 0.119 e. The molecule has 1 aromatic carbocycles. The standard InChI is InChI=1S/C14H24N2O3/c17-9-8-15-6-1-7-16-12-13-2-4-14(5-3-13)19-11-10-18/h2-5,15-18H,1,6-12H2. The molecule has 0 aliphatic rings. The van der Waals surface area contributed by atoms with Crippen molar-refractivity contribution in [2.45, 2.75) is 13.0 Å². The molecular weight excluding hydrogens is 244 g/mol. The summed E-state index contributed by atoms with van der Waals surface area (Å²) in [6.07, 6.45) is 1.04. The fourth-order valence-electron chi connectivity index (χ4n) is 1.64. The zero-order valence-electron chi connectivity index (χ0n) is 11.3. The average Bonchev–Trinajstić information content (AvgIpc) is 2.45. The summed E-state index contributed by atoms with van der Waals surface area (Å²) >= 11 is 0. The summed E-state index contributed by atoms with van der Waals surface area (Å²) in [5, 5.41) is 23.7. The number of benzene rings is 1. The van der Waals surface area contributed by atoms with Crippen molar-refractivity contribution in [3.05, 3.63) is 29.8 Å². The first-order valence-electron chi connectivity index (χ1n) is 6.71. The number of ether oxygens (including phenoxy) is 1. The average molecular weight is 268 g/mol. The van der Waals surface area contributed by atoms with E-state index in [-0.39, 0.29) is 13.2 Å². The Hall–Kier alpha value is -1.14. The van der Waals surface area contributed by atoms with Crippen molar-refractivity contribution in [2.24, 2.45) is 0 Å². The van der Waals surface area contributed by atoms with Crippen LogP contribution in [0, 0.1) is 0 Å². The van der Waals surface area contributed by atoms with E-state index in [2.05, 4.69) is 10.6 Å². The summed E-state index contributed by atoms with van der Waals surface area (Å²) in [4.78, 5) is 0. The van der Waals surface area contributed by atoms with Crippen LogP contribution in [0.25, 0.3) is 0 Å². The third-order valence-corrected chi connectivity index (χ3v) is 2.61. The van der Waals surface area contributed by atoms with E-state index in [1.54, 1.807) is 0 Å². The quantitative estimate of drug-likeness (QED) is 0.429. The van der Waals surface area contributed by atoms with Crippen LogP contribution in [0.5, 0.6) is 5.75 Å². The molecule has 0 amide bonds. The molecule has 0 heterocycles. The molecule has 108 valence electrons. The first-order valence-corrected chi connectivity index (χ1v) is 6.71. The summed E-state index contributed by atoms with van der Waals surface area (Å²) in [7, 11) is 0. The molecule has 0 saturated carbocycles. The summed E-state index contributed by atoms with van der Waals surface area (Å²) in [5.74, 6) is 0.783. The first kappa shape index (κ1) is 15.9. The number of aliphatic hydroxyl groups excluding tert-OH is 2. The number of hydrogen-bond donors (Lipinski definition) is 4. The lowest BCUT2D eigenvalue weighted by Gasteiger charge is -2.07. The van der Waals surface area contributed by atoms with Crippen LogP contribution in [0.1, 0.15) is 12.0 Å². The smallest absolute Gasteiger partial charge is 0.119 e. The van der Waals surface area contributed by atoms with Gasteiger partial charge in [0, 0.05) is 13.1 Å². The number of nitrogens with one attached hydrogen (secondary N) is 2. The van der Waals surface area contributed by atoms with Crippen LogP contribution in [0.2, 0.25) is 0 Å². The van der Waals surface area contributed by atoms with Crippen molar-refractivity contribution in [2.75, 3.05) is 39.5 Å². The Labute approximate surface area is 114 Å². The lowest BCUT2D eigenvalue weighted by Crippen LogP contribution is -2.23. The van der Waals surface area contributed by atoms with Crippen LogP contribution in [0.3, 0.4) is 0 Å². The molecule has 19 heavy (non-hydrogen) atoms. The summed E-state index contributed by atoms with van der Waals surface area (Å²) < 4.78 is 5.29. The number of hydrogen-bond acceptors (Lipinski definition) is 5. The minimum Gasteiger partial charge on any atom is -0.491 e. The SMILES string of the molecule is OCCNCCCNCc1ccc(OCCO)cc1. The second-order valence-electron chi connectivity index (χ2n) is 4.22.